The third kappa shape index (κ3) is 6.18. The fourth-order valence-electron chi connectivity index (χ4n) is 4.05. The van der Waals surface area contributed by atoms with Gasteiger partial charge >= 0.3 is 6.03 Å². The van der Waals surface area contributed by atoms with Gasteiger partial charge in [-0.25, -0.2) is 4.79 Å². The van der Waals surface area contributed by atoms with Gasteiger partial charge in [-0.15, -0.1) is 0 Å². The van der Waals surface area contributed by atoms with Gasteiger partial charge in [-0.2, -0.15) is 0 Å². The standard InChI is InChI=1S/C21H35N5O5/c1-21(2,3)16(25-20(31)23-4)19(30)26-10-6-9-14(26)18(29)24-13(15(27)17(22)28)11-12-7-5-8-12/h12-14,16H,5-11H2,1-4H3,(H2,22,28)(H,24,29)(H2,23,25,31). The van der Waals surface area contributed by atoms with Crippen LogP contribution in [-0.2, 0) is 19.2 Å². The van der Waals surface area contributed by atoms with Crippen LogP contribution >= 0.6 is 0 Å². The largest absolute Gasteiger partial charge is 0.363 e. The molecule has 1 saturated carbocycles. The van der Waals surface area contributed by atoms with Crippen LogP contribution in [-0.4, -0.2) is 66.2 Å². The molecule has 1 aliphatic carbocycles. The number of nitrogens with two attached hydrogens (primary N) is 1. The molecule has 10 nitrogen and oxygen atoms in total. The Labute approximate surface area is 183 Å². The fraction of sp³-hybridized carbons (Fsp3) is 0.762. The molecular formula is C21H35N5O5. The third-order valence-corrected chi connectivity index (χ3v) is 6.12. The van der Waals surface area contributed by atoms with Gasteiger partial charge in [-0.1, -0.05) is 40.0 Å². The van der Waals surface area contributed by atoms with E-state index < -0.39 is 47.2 Å². The summed E-state index contributed by atoms with van der Waals surface area (Å²) in [6, 6.07) is -3.07. The van der Waals surface area contributed by atoms with Crippen molar-refractivity contribution in [1.29, 1.82) is 0 Å². The first-order valence-corrected chi connectivity index (χ1v) is 10.9. The highest BCUT2D eigenvalue weighted by atomic mass is 16.2. The minimum Gasteiger partial charge on any atom is -0.363 e. The lowest BCUT2D eigenvalue weighted by Gasteiger charge is -2.35. The number of carbonyl (C=O) groups is 5. The van der Waals surface area contributed by atoms with E-state index in [-0.39, 0.29) is 11.8 Å². The molecule has 0 aromatic carbocycles. The number of nitrogens with zero attached hydrogens (tertiary/aromatic N) is 1. The van der Waals surface area contributed by atoms with E-state index in [9.17, 15) is 24.0 Å². The maximum atomic E-state index is 13.3. The zero-order chi connectivity index (χ0) is 23.3. The lowest BCUT2D eigenvalue weighted by atomic mass is 9.80. The fourth-order valence-corrected chi connectivity index (χ4v) is 4.05. The number of hydrogen-bond acceptors (Lipinski definition) is 5. The summed E-state index contributed by atoms with van der Waals surface area (Å²) in [6.45, 7) is 5.86. The zero-order valence-corrected chi connectivity index (χ0v) is 18.8. The van der Waals surface area contributed by atoms with Crippen LogP contribution in [0, 0.1) is 11.3 Å². The van der Waals surface area contributed by atoms with Crippen LogP contribution in [0.4, 0.5) is 4.79 Å². The maximum Gasteiger partial charge on any atom is 0.315 e. The number of rotatable bonds is 8. The van der Waals surface area contributed by atoms with Crippen LogP contribution in [0.1, 0.15) is 59.3 Å². The van der Waals surface area contributed by atoms with E-state index in [0.717, 1.165) is 19.3 Å². The van der Waals surface area contributed by atoms with Crippen molar-refractivity contribution in [1.82, 2.24) is 20.9 Å². The van der Waals surface area contributed by atoms with Crippen molar-refractivity contribution in [3.05, 3.63) is 0 Å². The molecule has 2 rings (SSSR count). The first-order chi connectivity index (χ1) is 14.5. The van der Waals surface area contributed by atoms with Crippen molar-refractivity contribution in [3.8, 4) is 0 Å². The molecule has 174 valence electrons. The molecule has 2 fully saturated rings. The van der Waals surface area contributed by atoms with E-state index in [1.807, 2.05) is 20.8 Å². The molecule has 31 heavy (non-hydrogen) atoms. The van der Waals surface area contributed by atoms with Crippen molar-refractivity contribution >= 4 is 29.5 Å². The van der Waals surface area contributed by atoms with E-state index in [4.69, 9.17) is 5.73 Å². The summed E-state index contributed by atoms with van der Waals surface area (Å²) >= 11 is 0. The zero-order valence-electron chi connectivity index (χ0n) is 18.8. The second-order valence-corrected chi connectivity index (χ2v) is 9.53. The molecular weight excluding hydrogens is 402 g/mol. The van der Waals surface area contributed by atoms with Gasteiger partial charge < -0.3 is 26.6 Å². The predicted molar refractivity (Wildman–Crippen MR) is 114 cm³/mol. The molecule has 1 saturated heterocycles. The average molecular weight is 438 g/mol. The van der Waals surface area contributed by atoms with Gasteiger partial charge in [-0.05, 0) is 30.6 Å². The van der Waals surface area contributed by atoms with Gasteiger partial charge in [-0.3, -0.25) is 19.2 Å². The summed E-state index contributed by atoms with van der Waals surface area (Å²) in [4.78, 5) is 63.3. The smallest absolute Gasteiger partial charge is 0.315 e. The molecule has 5 amide bonds. The summed E-state index contributed by atoms with van der Waals surface area (Å²) in [7, 11) is 1.46. The number of carbonyl (C=O) groups excluding carboxylic acids is 5. The van der Waals surface area contributed by atoms with Crippen LogP contribution < -0.4 is 21.7 Å². The Balaban J connectivity index is 2.14. The second kappa shape index (κ2) is 10.1. The molecule has 2 aliphatic rings. The maximum absolute atomic E-state index is 13.3. The SMILES string of the molecule is CNC(=O)NC(C(=O)N1CCCC1C(=O)NC(CC1CCC1)C(=O)C(N)=O)C(C)(C)C. The van der Waals surface area contributed by atoms with Gasteiger partial charge in [0, 0.05) is 13.6 Å². The van der Waals surface area contributed by atoms with E-state index in [2.05, 4.69) is 16.0 Å². The first kappa shape index (κ1) is 24.6. The molecule has 5 N–H and O–H groups in total. The van der Waals surface area contributed by atoms with Crippen LogP contribution in [0.3, 0.4) is 0 Å². The Bertz CT molecular complexity index is 728. The van der Waals surface area contributed by atoms with E-state index in [1.54, 1.807) is 0 Å². The summed E-state index contributed by atoms with van der Waals surface area (Å²) in [5.41, 5.74) is 4.59. The molecule has 3 unspecified atom stereocenters. The molecule has 0 bridgehead atoms. The Morgan fingerprint density at radius 3 is 2.16 bits per heavy atom. The molecule has 0 spiro atoms. The minimum atomic E-state index is -1.08. The van der Waals surface area contributed by atoms with E-state index in [1.165, 1.54) is 11.9 Å². The predicted octanol–water partition coefficient (Wildman–Crippen LogP) is 0.0505. The number of nitrogens with one attached hydrogen (secondary N) is 3. The number of ketones is 1. The second-order valence-electron chi connectivity index (χ2n) is 9.53. The van der Waals surface area contributed by atoms with Crippen molar-refractivity contribution in [2.75, 3.05) is 13.6 Å². The third-order valence-electron chi connectivity index (χ3n) is 6.12. The summed E-state index contributed by atoms with van der Waals surface area (Å²) in [5.74, 6) is -2.45. The lowest BCUT2D eigenvalue weighted by molar-refractivity contribution is -0.143. The Hall–Kier alpha value is -2.65. The normalized spacial score (nSPS) is 20.9. The Morgan fingerprint density at radius 1 is 1.03 bits per heavy atom. The molecule has 1 heterocycles. The van der Waals surface area contributed by atoms with E-state index >= 15 is 0 Å². The molecule has 1 aliphatic heterocycles. The topological polar surface area (TPSA) is 151 Å². The minimum absolute atomic E-state index is 0.275. The van der Waals surface area contributed by atoms with Gasteiger partial charge in [0.15, 0.2) is 0 Å². The van der Waals surface area contributed by atoms with Crippen LogP contribution in [0.2, 0.25) is 0 Å². The Morgan fingerprint density at radius 2 is 1.68 bits per heavy atom. The summed E-state index contributed by atoms with van der Waals surface area (Å²) in [6.07, 6.45) is 4.40. The highest BCUT2D eigenvalue weighted by Gasteiger charge is 2.42. The molecule has 0 aromatic heterocycles. The monoisotopic (exact) mass is 437 g/mol. The Kier molecular flexibility index (Phi) is 8.02. The first-order valence-electron chi connectivity index (χ1n) is 10.9. The summed E-state index contributed by atoms with van der Waals surface area (Å²) < 4.78 is 0. The highest BCUT2D eigenvalue weighted by Crippen LogP contribution is 2.31. The van der Waals surface area contributed by atoms with Gasteiger partial charge in [0.25, 0.3) is 5.91 Å². The van der Waals surface area contributed by atoms with Crippen LogP contribution in [0.5, 0.6) is 0 Å². The lowest BCUT2D eigenvalue weighted by Crippen LogP contribution is -2.59. The van der Waals surface area contributed by atoms with Gasteiger partial charge in [0.1, 0.15) is 12.1 Å². The number of urea groups is 1. The number of hydrogen-bond donors (Lipinski definition) is 4. The van der Waals surface area contributed by atoms with Crippen molar-refractivity contribution < 1.29 is 24.0 Å². The van der Waals surface area contributed by atoms with Crippen LogP contribution in [0.25, 0.3) is 0 Å². The van der Waals surface area contributed by atoms with Gasteiger partial charge in [0.2, 0.25) is 17.6 Å². The van der Waals surface area contributed by atoms with Crippen molar-refractivity contribution in [2.24, 2.45) is 17.1 Å². The molecule has 10 heteroatoms. The number of primary amides is 1. The molecule has 3 atom stereocenters. The highest BCUT2D eigenvalue weighted by molar-refractivity contribution is 6.37. The summed E-state index contributed by atoms with van der Waals surface area (Å²) in [5, 5.41) is 7.78. The van der Waals surface area contributed by atoms with E-state index in [0.29, 0.717) is 25.8 Å². The van der Waals surface area contributed by atoms with Crippen LogP contribution in [0.15, 0.2) is 0 Å². The number of likely N-dealkylation sites (tertiary alicyclic amines) is 1. The molecule has 0 radical (unpaired) electrons. The number of amides is 5. The average Bonchev–Trinajstić information content (AvgIpc) is 3.15. The number of Topliss-reactive ketones (excluding diaryl/α,β-unsaturated/α-hetero) is 1. The van der Waals surface area contributed by atoms with Crippen molar-refractivity contribution in [3.63, 3.8) is 0 Å². The van der Waals surface area contributed by atoms with Crippen molar-refractivity contribution in [2.45, 2.75) is 77.4 Å². The molecule has 0 aromatic rings. The van der Waals surface area contributed by atoms with Gasteiger partial charge in [0.05, 0.1) is 6.04 Å². The quantitative estimate of drug-likeness (QED) is 0.396.